The number of benzene rings is 1. The van der Waals surface area contributed by atoms with Gasteiger partial charge in [0.05, 0.1) is 13.6 Å². The predicted molar refractivity (Wildman–Crippen MR) is 90.3 cm³/mol. The molecule has 1 unspecified atom stereocenters. The van der Waals surface area contributed by atoms with Gasteiger partial charge in [-0.05, 0) is 35.5 Å². The average Bonchev–Trinajstić information content (AvgIpc) is 2.90. The first-order valence-electron chi connectivity index (χ1n) is 8.38. The SMILES string of the molecule is Cn1nnc(CNC(=O)N2CCCC(C)(c3ccccc3)CC2)n1. The fourth-order valence-corrected chi connectivity index (χ4v) is 3.27. The first-order chi connectivity index (χ1) is 11.6. The van der Waals surface area contributed by atoms with E-state index in [1.165, 1.54) is 10.4 Å². The highest BCUT2D eigenvalue weighted by Gasteiger charge is 2.30. The number of aromatic nitrogens is 4. The molecule has 1 saturated heterocycles. The van der Waals surface area contributed by atoms with Crippen LogP contribution in [0, 0.1) is 0 Å². The normalized spacial score (nSPS) is 21.3. The first-order valence-corrected chi connectivity index (χ1v) is 8.38. The minimum absolute atomic E-state index is 0.0558. The highest BCUT2D eigenvalue weighted by Crippen LogP contribution is 2.34. The molecule has 1 N–H and O–H groups in total. The van der Waals surface area contributed by atoms with Crippen LogP contribution in [0.1, 0.15) is 37.6 Å². The maximum Gasteiger partial charge on any atom is 0.317 e. The molecule has 2 heterocycles. The molecule has 0 bridgehead atoms. The topological polar surface area (TPSA) is 75.9 Å². The molecule has 2 aromatic rings. The van der Waals surface area contributed by atoms with E-state index in [4.69, 9.17) is 0 Å². The molecule has 128 valence electrons. The van der Waals surface area contributed by atoms with Crippen molar-refractivity contribution in [1.29, 1.82) is 0 Å². The molecule has 0 saturated carbocycles. The molecule has 0 radical (unpaired) electrons. The van der Waals surface area contributed by atoms with Gasteiger partial charge in [0.25, 0.3) is 0 Å². The van der Waals surface area contributed by atoms with Crippen LogP contribution in [-0.4, -0.2) is 44.2 Å². The van der Waals surface area contributed by atoms with Crippen molar-refractivity contribution in [2.45, 2.75) is 38.1 Å². The van der Waals surface area contributed by atoms with Gasteiger partial charge in [0.15, 0.2) is 5.82 Å². The Morgan fingerprint density at radius 3 is 2.75 bits per heavy atom. The third-order valence-electron chi connectivity index (χ3n) is 4.80. The molecule has 2 amide bonds. The zero-order chi connectivity index (χ0) is 17.0. The highest BCUT2D eigenvalue weighted by molar-refractivity contribution is 5.74. The number of hydrogen-bond acceptors (Lipinski definition) is 4. The molecule has 7 nitrogen and oxygen atoms in total. The fourth-order valence-electron chi connectivity index (χ4n) is 3.27. The number of nitrogens with zero attached hydrogens (tertiary/aromatic N) is 5. The van der Waals surface area contributed by atoms with Crippen molar-refractivity contribution in [1.82, 2.24) is 30.4 Å². The van der Waals surface area contributed by atoms with Crippen molar-refractivity contribution < 1.29 is 4.79 Å². The van der Waals surface area contributed by atoms with Gasteiger partial charge in [-0.2, -0.15) is 4.80 Å². The van der Waals surface area contributed by atoms with Gasteiger partial charge >= 0.3 is 6.03 Å². The number of carbonyl (C=O) groups is 1. The van der Waals surface area contributed by atoms with Crippen LogP contribution in [-0.2, 0) is 19.0 Å². The lowest BCUT2D eigenvalue weighted by atomic mass is 9.76. The predicted octanol–water partition coefficient (Wildman–Crippen LogP) is 1.86. The fraction of sp³-hybridized carbons (Fsp3) is 0.529. The molecule has 7 heteroatoms. The Hall–Kier alpha value is -2.44. The van der Waals surface area contributed by atoms with E-state index in [1.807, 2.05) is 11.0 Å². The van der Waals surface area contributed by atoms with Crippen LogP contribution in [0.2, 0.25) is 0 Å². The summed E-state index contributed by atoms with van der Waals surface area (Å²) in [5.41, 5.74) is 1.49. The van der Waals surface area contributed by atoms with Gasteiger partial charge in [-0.3, -0.25) is 0 Å². The van der Waals surface area contributed by atoms with Crippen LogP contribution < -0.4 is 5.32 Å². The van der Waals surface area contributed by atoms with Crippen molar-refractivity contribution in [3.05, 3.63) is 41.7 Å². The third kappa shape index (κ3) is 3.72. The molecule has 24 heavy (non-hydrogen) atoms. The number of nitrogens with one attached hydrogen (secondary N) is 1. The Bertz CT molecular complexity index is 685. The number of aryl methyl sites for hydroxylation is 1. The number of tetrazole rings is 1. The summed E-state index contributed by atoms with van der Waals surface area (Å²) in [6.07, 6.45) is 3.06. The van der Waals surface area contributed by atoms with Gasteiger partial charge in [-0.1, -0.05) is 37.3 Å². The second kappa shape index (κ2) is 6.98. The van der Waals surface area contributed by atoms with E-state index in [9.17, 15) is 4.79 Å². The van der Waals surface area contributed by atoms with Crippen LogP contribution in [0.15, 0.2) is 30.3 Å². The maximum absolute atomic E-state index is 12.4. The molecule has 1 aliphatic heterocycles. The number of likely N-dealkylation sites (tertiary alicyclic amines) is 1. The van der Waals surface area contributed by atoms with Crippen LogP contribution >= 0.6 is 0 Å². The lowest BCUT2D eigenvalue weighted by molar-refractivity contribution is 0.198. The van der Waals surface area contributed by atoms with E-state index >= 15 is 0 Å². The number of urea groups is 1. The molecule has 1 atom stereocenters. The molecule has 1 aromatic carbocycles. The van der Waals surface area contributed by atoms with Crippen LogP contribution in [0.25, 0.3) is 0 Å². The molecular weight excluding hydrogens is 304 g/mol. The quantitative estimate of drug-likeness (QED) is 0.933. The summed E-state index contributed by atoms with van der Waals surface area (Å²) in [7, 11) is 1.71. The van der Waals surface area contributed by atoms with Crippen molar-refractivity contribution in [3.8, 4) is 0 Å². The smallest absolute Gasteiger partial charge is 0.317 e. The van der Waals surface area contributed by atoms with E-state index in [1.54, 1.807) is 7.05 Å². The lowest BCUT2D eigenvalue weighted by Gasteiger charge is -2.29. The zero-order valence-corrected chi connectivity index (χ0v) is 14.3. The number of carbonyl (C=O) groups excluding carboxylic acids is 1. The van der Waals surface area contributed by atoms with Gasteiger partial charge in [0.2, 0.25) is 0 Å². The van der Waals surface area contributed by atoms with Crippen LogP contribution in [0.4, 0.5) is 4.79 Å². The van der Waals surface area contributed by atoms with Crippen LogP contribution in [0.3, 0.4) is 0 Å². The Balaban J connectivity index is 1.57. The third-order valence-corrected chi connectivity index (χ3v) is 4.80. The largest absolute Gasteiger partial charge is 0.331 e. The summed E-state index contributed by atoms with van der Waals surface area (Å²) in [4.78, 5) is 15.7. The summed E-state index contributed by atoms with van der Waals surface area (Å²) in [5.74, 6) is 0.523. The molecule has 0 aliphatic carbocycles. The summed E-state index contributed by atoms with van der Waals surface area (Å²) in [6, 6.07) is 10.5. The monoisotopic (exact) mass is 328 g/mol. The molecule has 1 aromatic heterocycles. The van der Waals surface area contributed by atoms with E-state index < -0.39 is 0 Å². The molecule has 1 aliphatic rings. The molecule has 1 fully saturated rings. The number of hydrogen-bond donors (Lipinski definition) is 1. The van der Waals surface area contributed by atoms with Crippen molar-refractivity contribution in [2.24, 2.45) is 7.05 Å². The Labute approximate surface area is 142 Å². The second-order valence-corrected chi connectivity index (χ2v) is 6.62. The Morgan fingerprint density at radius 1 is 1.25 bits per heavy atom. The van der Waals surface area contributed by atoms with Crippen molar-refractivity contribution in [2.75, 3.05) is 13.1 Å². The minimum atomic E-state index is -0.0558. The van der Waals surface area contributed by atoms with Gasteiger partial charge in [0.1, 0.15) is 0 Å². The average molecular weight is 328 g/mol. The molecule has 3 rings (SSSR count). The van der Waals surface area contributed by atoms with E-state index in [0.717, 1.165) is 32.4 Å². The lowest BCUT2D eigenvalue weighted by Crippen LogP contribution is -2.40. The summed E-state index contributed by atoms with van der Waals surface area (Å²) < 4.78 is 0. The first kappa shape index (κ1) is 16.4. The molecule has 0 spiro atoms. The Morgan fingerprint density at radius 2 is 2.04 bits per heavy atom. The molecular formula is C17H24N6O. The zero-order valence-electron chi connectivity index (χ0n) is 14.3. The minimum Gasteiger partial charge on any atom is -0.331 e. The van der Waals surface area contributed by atoms with Gasteiger partial charge < -0.3 is 10.2 Å². The van der Waals surface area contributed by atoms with Crippen molar-refractivity contribution in [3.63, 3.8) is 0 Å². The van der Waals surface area contributed by atoms with E-state index in [-0.39, 0.29) is 11.4 Å². The number of rotatable bonds is 3. The van der Waals surface area contributed by atoms with Gasteiger partial charge in [-0.15, -0.1) is 10.2 Å². The second-order valence-electron chi connectivity index (χ2n) is 6.62. The summed E-state index contributed by atoms with van der Waals surface area (Å²) in [6.45, 7) is 4.14. The Kier molecular flexibility index (Phi) is 4.78. The van der Waals surface area contributed by atoms with Crippen molar-refractivity contribution >= 4 is 6.03 Å². The van der Waals surface area contributed by atoms with Gasteiger partial charge in [0, 0.05) is 13.1 Å². The highest BCUT2D eigenvalue weighted by atomic mass is 16.2. The standard InChI is InChI=1S/C17H24N6O/c1-17(14-7-4-3-5-8-14)9-6-11-23(12-10-17)16(24)18-13-15-19-21-22(2)20-15/h3-5,7-8H,6,9-13H2,1-2H3,(H,18,24). The van der Waals surface area contributed by atoms with E-state index in [2.05, 4.69) is 51.9 Å². The summed E-state index contributed by atoms with van der Waals surface area (Å²) in [5, 5.41) is 14.6. The number of amides is 2. The van der Waals surface area contributed by atoms with Gasteiger partial charge in [-0.25, -0.2) is 4.79 Å². The summed E-state index contributed by atoms with van der Waals surface area (Å²) >= 11 is 0. The van der Waals surface area contributed by atoms with Crippen LogP contribution in [0.5, 0.6) is 0 Å². The van der Waals surface area contributed by atoms with E-state index in [0.29, 0.717) is 12.4 Å². The maximum atomic E-state index is 12.4.